The van der Waals surface area contributed by atoms with Crippen molar-refractivity contribution in [3.8, 4) is 0 Å². The molecule has 98 valence electrons. The van der Waals surface area contributed by atoms with Crippen LogP contribution in [0, 0.1) is 10.1 Å². The molecule has 1 aliphatic rings. The van der Waals surface area contributed by atoms with E-state index in [0.717, 1.165) is 12.8 Å². The van der Waals surface area contributed by atoms with Gasteiger partial charge in [-0.2, -0.15) is 0 Å². The van der Waals surface area contributed by atoms with E-state index >= 15 is 0 Å². The highest BCUT2D eigenvalue weighted by Crippen LogP contribution is 2.43. The molecular formula is C12H15NO3S2. The van der Waals surface area contributed by atoms with Crippen LogP contribution in [-0.2, 0) is 0 Å². The highest BCUT2D eigenvalue weighted by molar-refractivity contribution is 8.01. The smallest absolute Gasteiger partial charge is 0.294 e. The Morgan fingerprint density at radius 1 is 1.44 bits per heavy atom. The molecule has 0 unspecified atom stereocenters. The van der Waals surface area contributed by atoms with Crippen molar-refractivity contribution < 1.29 is 9.72 Å². The monoisotopic (exact) mass is 285 g/mol. The molecule has 2 rings (SSSR count). The molecule has 6 heteroatoms. The van der Waals surface area contributed by atoms with Crippen molar-refractivity contribution >= 4 is 34.6 Å². The molecule has 18 heavy (non-hydrogen) atoms. The van der Waals surface area contributed by atoms with Gasteiger partial charge in [0.05, 0.1) is 9.80 Å². The standard InChI is InChI=1S/C12H15NO3S2/c1-8(14)11-7-10(13(15)16)12(18-11)17-9-5-3-2-4-6-9/h7,9H,2-6H2,1H3. The predicted molar refractivity (Wildman–Crippen MR) is 73.7 cm³/mol. The van der Waals surface area contributed by atoms with Crippen LogP contribution >= 0.6 is 23.1 Å². The molecule has 1 aromatic heterocycles. The summed E-state index contributed by atoms with van der Waals surface area (Å²) in [6, 6.07) is 1.41. The van der Waals surface area contributed by atoms with Gasteiger partial charge >= 0.3 is 0 Å². The summed E-state index contributed by atoms with van der Waals surface area (Å²) in [7, 11) is 0. The number of carbonyl (C=O) groups is 1. The molecule has 1 aliphatic carbocycles. The number of Topliss-reactive ketones (excluding diaryl/α,β-unsaturated/α-hetero) is 1. The SMILES string of the molecule is CC(=O)c1cc([N+](=O)[O-])c(SC2CCCCC2)s1. The first-order valence-corrected chi connectivity index (χ1v) is 7.73. The summed E-state index contributed by atoms with van der Waals surface area (Å²) in [6.07, 6.45) is 5.92. The van der Waals surface area contributed by atoms with Crippen LogP contribution in [-0.4, -0.2) is 16.0 Å². The number of thiophene rings is 1. The molecule has 0 spiro atoms. The number of ketones is 1. The molecular weight excluding hydrogens is 270 g/mol. The molecule has 0 saturated heterocycles. The van der Waals surface area contributed by atoms with Crippen LogP contribution in [0.4, 0.5) is 5.69 Å². The Labute approximate surface area is 114 Å². The molecule has 0 radical (unpaired) electrons. The van der Waals surface area contributed by atoms with Crippen molar-refractivity contribution in [1.82, 2.24) is 0 Å². The summed E-state index contributed by atoms with van der Waals surface area (Å²) in [5, 5.41) is 11.5. The largest absolute Gasteiger partial charge is 0.294 e. The van der Waals surface area contributed by atoms with E-state index in [-0.39, 0.29) is 16.4 Å². The molecule has 1 saturated carbocycles. The summed E-state index contributed by atoms with van der Waals surface area (Å²) >= 11 is 2.84. The lowest BCUT2D eigenvalue weighted by atomic mass is 10.0. The number of thioether (sulfide) groups is 1. The molecule has 0 N–H and O–H groups in total. The lowest BCUT2D eigenvalue weighted by Gasteiger charge is -2.19. The zero-order chi connectivity index (χ0) is 13.1. The number of nitro groups is 1. The maximum absolute atomic E-state index is 11.3. The van der Waals surface area contributed by atoms with Gasteiger partial charge in [-0.25, -0.2) is 0 Å². The van der Waals surface area contributed by atoms with E-state index < -0.39 is 0 Å². The summed E-state index contributed by atoms with van der Waals surface area (Å²) in [5.41, 5.74) is 0.0979. The van der Waals surface area contributed by atoms with E-state index in [2.05, 4.69) is 0 Å². The van der Waals surface area contributed by atoms with Gasteiger partial charge < -0.3 is 0 Å². The molecule has 0 aliphatic heterocycles. The minimum atomic E-state index is -0.381. The van der Waals surface area contributed by atoms with Gasteiger partial charge in [0.25, 0.3) is 5.69 Å². The predicted octanol–water partition coefficient (Wildman–Crippen LogP) is 4.28. The summed E-state index contributed by atoms with van der Waals surface area (Å²) in [4.78, 5) is 22.4. The Morgan fingerprint density at radius 3 is 2.67 bits per heavy atom. The van der Waals surface area contributed by atoms with E-state index in [0.29, 0.717) is 14.3 Å². The third-order valence-corrected chi connectivity index (χ3v) is 5.84. The first-order valence-electron chi connectivity index (χ1n) is 6.03. The van der Waals surface area contributed by atoms with Crippen molar-refractivity contribution in [3.63, 3.8) is 0 Å². The van der Waals surface area contributed by atoms with E-state index in [9.17, 15) is 14.9 Å². The minimum absolute atomic E-state index is 0.0979. The fourth-order valence-corrected chi connectivity index (χ4v) is 4.83. The molecule has 0 aromatic carbocycles. The van der Waals surface area contributed by atoms with E-state index in [1.807, 2.05) is 0 Å². The molecule has 1 heterocycles. The Bertz CT molecular complexity index is 464. The van der Waals surface area contributed by atoms with Gasteiger partial charge in [-0.15, -0.1) is 23.1 Å². The highest BCUT2D eigenvalue weighted by Gasteiger charge is 2.25. The average Bonchev–Trinajstić information content (AvgIpc) is 2.74. The second-order valence-electron chi connectivity index (χ2n) is 4.47. The van der Waals surface area contributed by atoms with Crippen molar-refractivity contribution in [3.05, 3.63) is 21.1 Å². The van der Waals surface area contributed by atoms with Gasteiger partial charge in [-0.05, 0) is 19.8 Å². The number of hydrogen-bond acceptors (Lipinski definition) is 5. The van der Waals surface area contributed by atoms with Crippen molar-refractivity contribution in [2.24, 2.45) is 0 Å². The first kappa shape index (κ1) is 13.5. The molecule has 0 bridgehead atoms. The number of hydrogen-bond donors (Lipinski definition) is 0. The van der Waals surface area contributed by atoms with Gasteiger partial charge in [0, 0.05) is 11.3 Å². The normalized spacial score (nSPS) is 16.7. The van der Waals surface area contributed by atoms with E-state index in [4.69, 9.17) is 0 Å². The zero-order valence-corrected chi connectivity index (χ0v) is 11.8. The zero-order valence-electron chi connectivity index (χ0n) is 10.2. The Hall–Kier alpha value is -0.880. The van der Waals surface area contributed by atoms with Crippen LogP contribution < -0.4 is 0 Å². The van der Waals surface area contributed by atoms with Gasteiger partial charge in [-0.1, -0.05) is 19.3 Å². The van der Waals surface area contributed by atoms with Crippen molar-refractivity contribution in [2.75, 3.05) is 0 Å². The third kappa shape index (κ3) is 3.11. The first-order chi connectivity index (χ1) is 8.58. The number of rotatable bonds is 4. The fourth-order valence-electron chi connectivity index (χ4n) is 2.08. The number of nitrogens with zero attached hydrogens (tertiary/aromatic N) is 1. The minimum Gasteiger partial charge on any atom is -0.294 e. The van der Waals surface area contributed by atoms with Gasteiger partial charge in [-0.3, -0.25) is 14.9 Å². The van der Waals surface area contributed by atoms with E-state index in [1.54, 1.807) is 11.8 Å². The van der Waals surface area contributed by atoms with Crippen LogP contribution in [0.1, 0.15) is 48.7 Å². The maximum Gasteiger partial charge on any atom is 0.294 e. The second kappa shape index (κ2) is 5.84. The lowest BCUT2D eigenvalue weighted by Crippen LogP contribution is -2.07. The Balaban J connectivity index is 2.19. The molecule has 0 amide bonds. The van der Waals surface area contributed by atoms with Crippen molar-refractivity contribution in [2.45, 2.75) is 48.5 Å². The highest BCUT2D eigenvalue weighted by atomic mass is 32.2. The van der Waals surface area contributed by atoms with Gasteiger partial charge in [0.2, 0.25) is 0 Å². The Kier molecular flexibility index (Phi) is 4.40. The van der Waals surface area contributed by atoms with Crippen molar-refractivity contribution in [1.29, 1.82) is 0 Å². The maximum atomic E-state index is 11.3. The summed E-state index contributed by atoms with van der Waals surface area (Å²) < 4.78 is 0.692. The van der Waals surface area contributed by atoms with Gasteiger partial charge in [0.15, 0.2) is 5.78 Å². The van der Waals surface area contributed by atoms with Gasteiger partial charge in [0.1, 0.15) is 4.21 Å². The van der Waals surface area contributed by atoms with E-state index in [1.165, 1.54) is 43.6 Å². The quantitative estimate of drug-likeness (QED) is 0.470. The van der Waals surface area contributed by atoms with Crippen LogP contribution in [0.25, 0.3) is 0 Å². The summed E-state index contributed by atoms with van der Waals surface area (Å²) in [5.74, 6) is -0.0985. The molecule has 4 nitrogen and oxygen atoms in total. The number of carbonyl (C=O) groups excluding carboxylic acids is 1. The molecule has 0 atom stereocenters. The molecule has 1 aromatic rings. The van der Waals surface area contributed by atoms with Crippen LogP contribution in [0.5, 0.6) is 0 Å². The topological polar surface area (TPSA) is 60.2 Å². The summed E-state index contributed by atoms with van der Waals surface area (Å²) in [6.45, 7) is 1.45. The third-order valence-electron chi connectivity index (χ3n) is 3.05. The van der Waals surface area contributed by atoms with Crippen LogP contribution in [0.2, 0.25) is 0 Å². The second-order valence-corrected chi connectivity index (χ2v) is 7.10. The molecule has 1 fully saturated rings. The lowest BCUT2D eigenvalue weighted by molar-refractivity contribution is -0.387. The van der Waals surface area contributed by atoms with Crippen LogP contribution in [0.15, 0.2) is 10.3 Å². The fraction of sp³-hybridized carbons (Fsp3) is 0.583. The average molecular weight is 285 g/mol. The van der Waals surface area contributed by atoms with Crippen LogP contribution in [0.3, 0.4) is 0 Å². The Morgan fingerprint density at radius 2 is 2.11 bits per heavy atom.